The molecular formula is C22H20N4O4S. The number of esters is 1. The minimum absolute atomic E-state index is 0.324. The van der Waals surface area contributed by atoms with E-state index in [2.05, 4.69) is 15.4 Å². The van der Waals surface area contributed by atoms with Crippen LogP contribution in [0.4, 0.5) is 5.69 Å². The van der Waals surface area contributed by atoms with Crippen molar-refractivity contribution < 1.29 is 19.1 Å². The maximum atomic E-state index is 12.8. The monoisotopic (exact) mass is 436 g/mol. The smallest absolute Gasteiger partial charge is 0.339 e. The Balaban J connectivity index is 1.52. The lowest BCUT2D eigenvalue weighted by atomic mass is 10.1. The maximum absolute atomic E-state index is 12.8. The summed E-state index contributed by atoms with van der Waals surface area (Å²) in [6, 6.07) is 12.4. The first kappa shape index (κ1) is 20.5. The highest BCUT2D eigenvalue weighted by Crippen LogP contribution is 2.28. The molecule has 0 saturated heterocycles. The van der Waals surface area contributed by atoms with Crippen molar-refractivity contribution in [3.63, 3.8) is 0 Å². The molecule has 1 amide bonds. The molecule has 1 aromatic carbocycles. The molecule has 31 heavy (non-hydrogen) atoms. The Morgan fingerprint density at radius 1 is 1.19 bits per heavy atom. The van der Waals surface area contributed by atoms with Gasteiger partial charge >= 0.3 is 5.97 Å². The van der Waals surface area contributed by atoms with Crippen LogP contribution in [0.1, 0.15) is 17.3 Å². The van der Waals surface area contributed by atoms with Crippen LogP contribution < -0.4 is 10.1 Å². The fraction of sp³-hybridized carbons (Fsp3) is 0.182. The third-order valence-electron chi connectivity index (χ3n) is 4.61. The lowest BCUT2D eigenvalue weighted by Crippen LogP contribution is -2.21. The van der Waals surface area contributed by atoms with E-state index >= 15 is 0 Å². The number of rotatable bonds is 7. The predicted molar refractivity (Wildman–Crippen MR) is 118 cm³/mol. The largest absolute Gasteiger partial charge is 0.497 e. The summed E-state index contributed by atoms with van der Waals surface area (Å²) in [6.45, 7) is 2.15. The van der Waals surface area contributed by atoms with E-state index in [4.69, 9.17) is 9.47 Å². The molecular weight excluding hydrogens is 416 g/mol. The molecule has 4 aromatic rings. The number of carbonyl (C=O) groups excluding carboxylic acids is 2. The van der Waals surface area contributed by atoms with Gasteiger partial charge in [-0.05, 0) is 48.7 Å². The van der Waals surface area contributed by atoms with Gasteiger partial charge in [-0.2, -0.15) is 5.10 Å². The summed E-state index contributed by atoms with van der Waals surface area (Å²) in [5.41, 5.74) is 2.16. The van der Waals surface area contributed by atoms with E-state index in [-0.39, 0.29) is 0 Å². The van der Waals surface area contributed by atoms with Crippen molar-refractivity contribution in [1.29, 1.82) is 0 Å². The fourth-order valence-electron chi connectivity index (χ4n) is 3.08. The summed E-state index contributed by atoms with van der Waals surface area (Å²) in [5, 5.41) is 9.52. The van der Waals surface area contributed by atoms with E-state index in [9.17, 15) is 9.59 Å². The number of fused-ring (bicyclic) bond motifs is 1. The molecule has 8 nitrogen and oxygen atoms in total. The number of nitrogens with zero attached hydrogens (tertiary/aromatic N) is 3. The van der Waals surface area contributed by atoms with Crippen LogP contribution >= 0.6 is 11.3 Å². The Labute approximate surface area is 182 Å². The minimum Gasteiger partial charge on any atom is -0.497 e. The van der Waals surface area contributed by atoms with Gasteiger partial charge in [-0.25, -0.2) is 14.5 Å². The number of amides is 1. The number of methoxy groups -OCH3 is 1. The van der Waals surface area contributed by atoms with E-state index < -0.39 is 18.5 Å². The maximum Gasteiger partial charge on any atom is 0.339 e. The van der Waals surface area contributed by atoms with Crippen LogP contribution in [-0.2, 0) is 16.1 Å². The van der Waals surface area contributed by atoms with Gasteiger partial charge < -0.3 is 14.8 Å². The summed E-state index contributed by atoms with van der Waals surface area (Å²) in [5.74, 6) is -0.363. The summed E-state index contributed by atoms with van der Waals surface area (Å²) in [7, 11) is 1.57. The van der Waals surface area contributed by atoms with Crippen LogP contribution in [0.2, 0.25) is 0 Å². The first-order chi connectivity index (χ1) is 15.1. The van der Waals surface area contributed by atoms with E-state index in [0.717, 1.165) is 4.88 Å². The minimum atomic E-state index is -0.606. The Kier molecular flexibility index (Phi) is 5.94. The number of pyridine rings is 1. The van der Waals surface area contributed by atoms with Gasteiger partial charge in [-0.3, -0.25) is 4.79 Å². The summed E-state index contributed by atoms with van der Waals surface area (Å²) >= 11 is 1.53. The van der Waals surface area contributed by atoms with Crippen LogP contribution in [0.25, 0.3) is 21.6 Å². The summed E-state index contributed by atoms with van der Waals surface area (Å²) < 4.78 is 12.1. The fourth-order valence-corrected chi connectivity index (χ4v) is 3.76. The molecule has 0 saturated carbocycles. The first-order valence-electron chi connectivity index (χ1n) is 9.60. The van der Waals surface area contributed by atoms with E-state index in [1.807, 2.05) is 24.4 Å². The van der Waals surface area contributed by atoms with Crippen molar-refractivity contribution in [2.45, 2.75) is 13.5 Å². The van der Waals surface area contributed by atoms with Gasteiger partial charge in [0.2, 0.25) is 0 Å². The molecule has 158 valence electrons. The normalized spacial score (nSPS) is 10.8. The molecule has 0 aliphatic heterocycles. The zero-order valence-corrected chi connectivity index (χ0v) is 17.8. The number of hydrogen-bond acceptors (Lipinski definition) is 7. The molecule has 1 N–H and O–H groups in total. The van der Waals surface area contributed by atoms with Crippen LogP contribution in [0, 0.1) is 0 Å². The number of hydrogen-bond donors (Lipinski definition) is 1. The highest BCUT2D eigenvalue weighted by atomic mass is 32.1. The van der Waals surface area contributed by atoms with Crippen molar-refractivity contribution in [2.75, 3.05) is 19.0 Å². The van der Waals surface area contributed by atoms with Gasteiger partial charge in [0.15, 0.2) is 12.3 Å². The zero-order valence-electron chi connectivity index (χ0n) is 17.0. The second-order valence-electron chi connectivity index (χ2n) is 6.58. The molecule has 9 heteroatoms. The number of aromatic nitrogens is 3. The standard InChI is InChI=1S/C22H20N4O4S/c1-3-26-21-17(12-23-26)16(11-18(25-21)19-5-4-10-31-19)22(28)30-13-20(27)24-14-6-8-15(29-2)9-7-14/h4-12H,3,13H2,1-2H3,(H,24,27). The summed E-state index contributed by atoms with van der Waals surface area (Å²) in [4.78, 5) is 30.7. The number of carbonyl (C=O) groups is 2. The molecule has 0 aliphatic rings. The van der Waals surface area contributed by atoms with Crippen molar-refractivity contribution in [3.8, 4) is 16.3 Å². The SMILES string of the molecule is CCn1ncc2c(C(=O)OCC(=O)Nc3ccc(OC)cc3)cc(-c3cccs3)nc21. The predicted octanol–water partition coefficient (Wildman–Crippen LogP) is 3.98. The molecule has 0 spiro atoms. The van der Waals surface area contributed by atoms with Crippen LogP contribution in [0.15, 0.2) is 54.0 Å². The highest BCUT2D eigenvalue weighted by molar-refractivity contribution is 7.13. The van der Waals surface area contributed by atoms with E-state index in [1.165, 1.54) is 11.3 Å². The van der Waals surface area contributed by atoms with Crippen LogP contribution in [-0.4, -0.2) is 40.4 Å². The first-order valence-corrected chi connectivity index (χ1v) is 10.5. The Morgan fingerprint density at radius 3 is 2.68 bits per heavy atom. The average Bonchev–Trinajstić information content (AvgIpc) is 3.47. The molecule has 4 rings (SSSR count). The van der Waals surface area contributed by atoms with Crippen LogP contribution in [0.3, 0.4) is 0 Å². The van der Waals surface area contributed by atoms with Gasteiger partial charge in [0.1, 0.15) is 5.75 Å². The number of benzene rings is 1. The van der Waals surface area contributed by atoms with Gasteiger partial charge in [0.05, 0.1) is 34.8 Å². The average molecular weight is 436 g/mol. The number of thiophene rings is 1. The van der Waals surface area contributed by atoms with Crippen molar-refractivity contribution in [3.05, 3.63) is 59.6 Å². The number of nitrogens with one attached hydrogen (secondary N) is 1. The number of anilines is 1. The van der Waals surface area contributed by atoms with Crippen molar-refractivity contribution in [2.24, 2.45) is 0 Å². The Hall–Kier alpha value is -3.72. The molecule has 0 fully saturated rings. The van der Waals surface area contributed by atoms with Crippen molar-refractivity contribution in [1.82, 2.24) is 14.8 Å². The molecule has 0 aliphatic carbocycles. The molecule has 0 unspecified atom stereocenters. The van der Waals surface area contributed by atoms with Gasteiger partial charge in [-0.1, -0.05) is 6.07 Å². The zero-order chi connectivity index (χ0) is 21.8. The van der Waals surface area contributed by atoms with Gasteiger partial charge in [-0.15, -0.1) is 11.3 Å². The molecule has 3 heterocycles. The number of ether oxygens (including phenoxy) is 2. The third-order valence-corrected chi connectivity index (χ3v) is 5.50. The van der Waals surface area contributed by atoms with Crippen molar-refractivity contribution >= 4 is 39.9 Å². The van der Waals surface area contributed by atoms with Crippen LogP contribution in [0.5, 0.6) is 5.75 Å². The Bertz CT molecular complexity index is 1220. The summed E-state index contributed by atoms with van der Waals surface area (Å²) in [6.07, 6.45) is 1.60. The quantitative estimate of drug-likeness (QED) is 0.440. The molecule has 0 bridgehead atoms. The van der Waals surface area contributed by atoms with Gasteiger partial charge in [0, 0.05) is 12.2 Å². The topological polar surface area (TPSA) is 95.3 Å². The lowest BCUT2D eigenvalue weighted by Gasteiger charge is -2.09. The lowest BCUT2D eigenvalue weighted by molar-refractivity contribution is -0.119. The third kappa shape index (κ3) is 4.41. The van der Waals surface area contributed by atoms with E-state index in [1.54, 1.807) is 48.3 Å². The van der Waals surface area contributed by atoms with E-state index in [0.29, 0.717) is 40.3 Å². The highest BCUT2D eigenvalue weighted by Gasteiger charge is 2.19. The second-order valence-corrected chi connectivity index (χ2v) is 7.53. The Morgan fingerprint density at radius 2 is 2.00 bits per heavy atom. The second kappa shape index (κ2) is 8.97. The molecule has 0 radical (unpaired) electrons. The van der Waals surface area contributed by atoms with Gasteiger partial charge in [0.25, 0.3) is 5.91 Å². The molecule has 3 aromatic heterocycles. The number of aryl methyl sites for hydroxylation is 1. The molecule has 0 atom stereocenters.